The van der Waals surface area contributed by atoms with Crippen LogP contribution in [-0.2, 0) is 54.1 Å². The Morgan fingerprint density at radius 3 is 2.54 bits per heavy atom. The molecule has 1 fully saturated rings. The average Bonchev–Trinajstić information content (AvgIpc) is 2.95. The maximum absolute atomic E-state index is 13.8. The van der Waals surface area contributed by atoms with Gasteiger partial charge in [-0.3, -0.25) is 0 Å². The van der Waals surface area contributed by atoms with Crippen molar-refractivity contribution >= 4 is 6.29 Å². The van der Waals surface area contributed by atoms with Gasteiger partial charge in [0.05, 0.1) is 6.61 Å². The second-order valence-electron chi connectivity index (χ2n) is 6.60. The van der Waals surface area contributed by atoms with Crippen molar-refractivity contribution < 1.29 is 64.5 Å². The molecule has 0 unspecified atom stereocenters. The van der Waals surface area contributed by atoms with Gasteiger partial charge in [0.15, 0.2) is 5.60 Å². The van der Waals surface area contributed by atoms with Crippen molar-refractivity contribution in [1.82, 2.24) is 0 Å². The third kappa shape index (κ3) is 3.15. The monoisotopic (exact) mass is 420 g/mol. The first kappa shape index (κ1) is 19.8. The number of hydrogen-bond donors (Lipinski definition) is 0. The van der Waals surface area contributed by atoms with Crippen LogP contribution in [0.5, 0.6) is 5.75 Å². The van der Waals surface area contributed by atoms with E-state index in [0.717, 1.165) is 0 Å². The van der Waals surface area contributed by atoms with E-state index < -0.39 is 35.5 Å². The topological polar surface area (TPSA) is 38.8 Å². The largest absolute Gasteiger partial charge is 0.539 e. The summed E-state index contributed by atoms with van der Waals surface area (Å²) in [5.41, 5.74) is -2.66. The van der Waals surface area contributed by atoms with Crippen LogP contribution in [0.25, 0.3) is 0 Å². The number of rotatable bonds is 4. The zero-order valence-electron chi connectivity index (χ0n) is 13.2. The minimum atomic E-state index is -4.70. The number of hydrogen-bond acceptors (Lipinski definition) is 3. The Morgan fingerprint density at radius 1 is 1.33 bits per heavy atom. The summed E-state index contributed by atoms with van der Waals surface area (Å²) in [4.78, 5) is 10.7. The van der Waals surface area contributed by atoms with E-state index >= 15 is 0 Å². The van der Waals surface area contributed by atoms with Crippen LogP contribution in [0.2, 0.25) is 0 Å². The fourth-order valence-electron chi connectivity index (χ4n) is 3.27. The van der Waals surface area contributed by atoms with Crippen molar-refractivity contribution in [1.29, 1.82) is 0 Å². The van der Waals surface area contributed by atoms with E-state index in [2.05, 4.69) is 4.74 Å². The Bertz CT molecular complexity index is 659. The van der Waals surface area contributed by atoms with Crippen LogP contribution in [0.4, 0.5) is 17.6 Å². The number of carbonyl (C=O) groups excluding carboxylic acids is 1. The van der Waals surface area contributed by atoms with Crippen LogP contribution in [0.3, 0.4) is 0 Å². The third-order valence-electron chi connectivity index (χ3n) is 4.46. The first-order valence-electron chi connectivity index (χ1n) is 7.19. The van der Waals surface area contributed by atoms with E-state index in [1.165, 1.54) is 18.4 Å². The van der Waals surface area contributed by atoms with Crippen LogP contribution >= 0.6 is 0 Å². The summed E-state index contributed by atoms with van der Waals surface area (Å²) in [5.74, 6) is -0.0883. The molecule has 0 aliphatic carbocycles. The molecule has 129 valence electrons. The fourth-order valence-corrected chi connectivity index (χ4v) is 3.27. The summed E-state index contributed by atoms with van der Waals surface area (Å²) >= 11 is 0. The van der Waals surface area contributed by atoms with Crippen molar-refractivity contribution in [3.05, 3.63) is 29.1 Å². The Balaban J connectivity index is 0.00000208. The van der Waals surface area contributed by atoms with Crippen molar-refractivity contribution in [2.24, 2.45) is 0 Å². The molecule has 24 heavy (non-hydrogen) atoms. The summed E-state index contributed by atoms with van der Waals surface area (Å²) in [6.45, 7) is 3.48. The normalized spacial score (nSPS) is 25.5. The second kappa shape index (κ2) is 6.33. The second-order valence-corrected chi connectivity index (χ2v) is 6.60. The molecular weight excluding hydrogens is 405 g/mol. The molecule has 0 N–H and O–H groups in total. The first-order chi connectivity index (χ1) is 10.6. The van der Waals surface area contributed by atoms with Gasteiger partial charge in [0.25, 0.3) is 0 Å². The van der Waals surface area contributed by atoms with Gasteiger partial charge in [0, 0.05) is 56.4 Å². The molecule has 1 aromatic rings. The SMILES string of the molecule is CC(C)(C[C@@]1(C(F)(F)F)O[C@H]1[C-]=O)c1cc(F)cc2c1OCC2.[Y]. The molecule has 1 radical (unpaired) electrons. The molecule has 2 heterocycles. The predicted octanol–water partition coefficient (Wildman–Crippen LogP) is 3.24. The maximum Gasteiger partial charge on any atom is 0.417 e. The van der Waals surface area contributed by atoms with Gasteiger partial charge >= 0.3 is 6.18 Å². The quantitative estimate of drug-likeness (QED) is 0.427. The minimum Gasteiger partial charge on any atom is -0.539 e. The number of fused-ring (bicyclic) bond motifs is 1. The van der Waals surface area contributed by atoms with Gasteiger partial charge in [0.2, 0.25) is 0 Å². The summed E-state index contributed by atoms with van der Waals surface area (Å²) in [6, 6.07) is 2.52. The average molecular weight is 420 g/mol. The Kier molecular flexibility index (Phi) is 5.22. The van der Waals surface area contributed by atoms with Crippen LogP contribution in [0.1, 0.15) is 31.4 Å². The minimum absolute atomic E-state index is 0. The first-order valence-corrected chi connectivity index (χ1v) is 7.19. The van der Waals surface area contributed by atoms with Gasteiger partial charge in [-0.2, -0.15) is 13.2 Å². The molecule has 2 aliphatic rings. The van der Waals surface area contributed by atoms with E-state index in [1.54, 1.807) is 13.8 Å². The van der Waals surface area contributed by atoms with E-state index in [4.69, 9.17) is 4.74 Å². The fraction of sp³-hybridized carbons (Fsp3) is 0.562. The van der Waals surface area contributed by atoms with E-state index in [-0.39, 0.29) is 32.7 Å². The van der Waals surface area contributed by atoms with E-state index in [1.807, 2.05) is 0 Å². The number of halogens is 4. The molecule has 0 spiro atoms. The number of ether oxygens (including phenoxy) is 2. The summed E-state index contributed by atoms with van der Waals surface area (Å²) < 4.78 is 63.9. The van der Waals surface area contributed by atoms with Crippen LogP contribution in [0.15, 0.2) is 12.1 Å². The van der Waals surface area contributed by atoms with Crippen molar-refractivity contribution in [2.45, 2.75) is 50.0 Å². The van der Waals surface area contributed by atoms with Gasteiger partial charge in [-0.15, -0.1) is 0 Å². The van der Waals surface area contributed by atoms with Crippen LogP contribution in [-0.4, -0.2) is 30.8 Å². The standard InChI is InChI=1S/C16H15F4O3.Y/c1-14(2,8-15(16(18,19)20)12(7-21)23-15)11-6-10(17)5-9-3-4-22-13(9)11;/h5-6,12H,3-4,8H2,1-2H3;/q-1;/t12-,15+;/m0./s1. The van der Waals surface area contributed by atoms with Crippen molar-refractivity contribution in [2.75, 3.05) is 6.61 Å². The van der Waals surface area contributed by atoms with Gasteiger partial charge in [0.1, 0.15) is 11.6 Å². The number of alkyl halides is 3. The summed E-state index contributed by atoms with van der Waals surface area (Å²) in [7, 11) is 0. The van der Waals surface area contributed by atoms with Crippen molar-refractivity contribution in [3.63, 3.8) is 0 Å². The van der Waals surface area contributed by atoms with Crippen LogP contribution < -0.4 is 4.74 Å². The number of benzene rings is 1. The molecule has 0 saturated carbocycles. The molecule has 1 saturated heterocycles. The molecular formula is C16H15F4O3Y-. The Hall–Kier alpha value is -0.526. The summed E-state index contributed by atoms with van der Waals surface area (Å²) in [6.07, 6.45) is -5.06. The molecule has 8 heteroatoms. The molecule has 0 aromatic heterocycles. The molecule has 0 bridgehead atoms. The maximum atomic E-state index is 13.8. The van der Waals surface area contributed by atoms with Gasteiger partial charge < -0.3 is 14.3 Å². The molecule has 3 nitrogen and oxygen atoms in total. The van der Waals surface area contributed by atoms with Crippen molar-refractivity contribution in [3.8, 4) is 5.75 Å². The van der Waals surface area contributed by atoms with E-state index in [9.17, 15) is 22.4 Å². The third-order valence-corrected chi connectivity index (χ3v) is 4.46. The molecule has 2 atom stereocenters. The van der Waals surface area contributed by atoms with Gasteiger partial charge in [-0.25, -0.2) is 10.7 Å². The molecule has 0 amide bonds. The smallest absolute Gasteiger partial charge is 0.417 e. The molecule has 2 aliphatic heterocycles. The predicted molar refractivity (Wildman–Crippen MR) is 72.6 cm³/mol. The number of epoxide rings is 1. The Morgan fingerprint density at radius 2 is 2.00 bits per heavy atom. The molecule has 1 aromatic carbocycles. The zero-order valence-corrected chi connectivity index (χ0v) is 16.0. The molecule has 3 rings (SSSR count). The van der Waals surface area contributed by atoms with E-state index in [0.29, 0.717) is 29.9 Å². The van der Waals surface area contributed by atoms with Crippen LogP contribution in [0, 0.1) is 5.82 Å². The van der Waals surface area contributed by atoms with Gasteiger partial charge in [-0.1, -0.05) is 13.8 Å². The zero-order chi connectivity index (χ0) is 17.0. The summed E-state index contributed by atoms with van der Waals surface area (Å²) in [5, 5.41) is 0. The van der Waals surface area contributed by atoms with Gasteiger partial charge in [-0.05, 0) is 24.0 Å². The Labute approximate surface area is 162 Å².